The number of rotatable bonds is 5. The normalized spacial score (nSPS) is 16.6. The van der Waals surface area contributed by atoms with Crippen LogP contribution in [0.15, 0.2) is 40.2 Å². The molecule has 26 heavy (non-hydrogen) atoms. The molecule has 7 heteroatoms. The monoisotopic (exact) mass is 436 g/mol. The number of thiophene rings is 1. The van der Waals surface area contributed by atoms with Gasteiger partial charge in [-0.1, -0.05) is 12.1 Å². The fraction of sp³-hybridized carbons (Fsp3) is 0.368. The lowest BCUT2D eigenvalue weighted by atomic mass is 9.98. The third-order valence-corrected chi connectivity index (χ3v) is 6.24. The largest absolute Gasteiger partial charge is 0.497 e. The fourth-order valence-electron chi connectivity index (χ4n) is 3.13. The zero-order valence-corrected chi connectivity index (χ0v) is 17.2. The van der Waals surface area contributed by atoms with Crippen LogP contribution >= 0.6 is 27.3 Å². The molecule has 1 fully saturated rings. The van der Waals surface area contributed by atoms with Gasteiger partial charge in [0.05, 0.1) is 22.3 Å². The molecular weight excluding hydrogens is 416 g/mol. The summed E-state index contributed by atoms with van der Waals surface area (Å²) in [5, 5.41) is 0. The van der Waals surface area contributed by atoms with Crippen LogP contribution in [0.2, 0.25) is 0 Å². The second kappa shape index (κ2) is 8.22. The average molecular weight is 437 g/mol. The molecule has 0 spiro atoms. The van der Waals surface area contributed by atoms with E-state index in [0.717, 1.165) is 22.5 Å². The Labute approximate surface area is 165 Å². The standard InChI is InChI=1S/C19H21BrN2O3S/c1-21(19(24)16-7-8-17(20)26-16)12-18(23)22-10-9-14(11-22)13-3-5-15(25-2)6-4-13/h3-8,14H,9-12H2,1-2H3. The van der Waals surface area contributed by atoms with Crippen LogP contribution in [0.3, 0.4) is 0 Å². The van der Waals surface area contributed by atoms with E-state index < -0.39 is 0 Å². The van der Waals surface area contributed by atoms with Crippen molar-refractivity contribution in [3.8, 4) is 5.75 Å². The molecule has 2 heterocycles. The molecule has 1 aromatic carbocycles. The number of likely N-dealkylation sites (N-methyl/N-ethyl adjacent to an activating group) is 1. The van der Waals surface area contributed by atoms with Crippen LogP contribution in [0.25, 0.3) is 0 Å². The van der Waals surface area contributed by atoms with Crippen molar-refractivity contribution in [2.45, 2.75) is 12.3 Å². The van der Waals surface area contributed by atoms with E-state index in [1.807, 2.05) is 23.1 Å². The molecular formula is C19H21BrN2O3S. The molecule has 0 aliphatic carbocycles. The van der Waals surface area contributed by atoms with Gasteiger partial charge in [0.2, 0.25) is 5.91 Å². The molecule has 0 radical (unpaired) electrons. The van der Waals surface area contributed by atoms with Crippen LogP contribution in [-0.2, 0) is 4.79 Å². The highest BCUT2D eigenvalue weighted by atomic mass is 79.9. The van der Waals surface area contributed by atoms with Crippen molar-refractivity contribution >= 4 is 39.1 Å². The van der Waals surface area contributed by atoms with Crippen molar-refractivity contribution in [2.24, 2.45) is 0 Å². The Balaban J connectivity index is 1.56. The second-order valence-corrected chi connectivity index (χ2v) is 8.83. The number of ether oxygens (including phenoxy) is 1. The minimum absolute atomic E-state index is 0.00696. The zero-order valence-electron chi connectivity index (χ0n) is 14.8. The van der Waals surface area contributed by atoms with E-state index in [9.17, 15) is 9.59 Å². The molecule has 0 saturated carbocycles. The molecule has 1 unspecified atom stereocenters. The Morgan fingerprint density at radius 2 is 2.00 bits per heavy atom. The summed E-state index contributed by atoms with van der Waals surface area (Å²) < 4.78 is 6.10. The second-order valence-electron chi connectivity index (χ2n) is 6.36. The van der Waals surface area contributed by atoms with Crippen molar-refractivity contribution in [1.82, 2.24) is 9.80 Å². The van der Waals surface area contributed by atoms with Gasteiger partial charge in [-0.05, 0) is 52.2 Å². The summed E-state index contributed by atoms with van der Waals surface area (Å²) in [5.41, 5.74) is 1.22. The first-order chi connectivity index (χ1) is 12.5. The summed E-state index contributed by atoms with van der Waals surface area (Å²) in [6, 6.07) is 11.6. The minimum Gasteiger partial charge on any atom is -0.497 e. The van der Waals surface area contributed by atoms with Crippen molar-refractivity contribution in [2.75, 3.05) is 33.8 Å². The highest BCUT2D eigenvalue weighted by Crippen LogP contribution is 2.28. The number of hydrogen-bond donors (Lipinski definition) is 0. The molecule has 2 aromatic rings. The summed E-state index contributed by atoms with van der Waals surface area (Å²) in [5.74, 6) is 1.03. The van der Waals surface area contributed by atoms with Crippen LogP contribution < -0.4 is 4.74 Å². The van der Waals surface area contributed by atoms with E-state index >= 15 is 0 Å². The number of halogens is 1. The highest BCUT2D eigenvalue weighted by molar-refractivity contribution is 9.11. The summed E-state index contributed by atoms with van der Waals surface area (Å²) in [7, 11) is 3.32. The van der Waals surface area contributed by atoms with E-state index in [4.69, 9.17) is 4.74 Å². The van der Waals surface area contributed by atoms with Gasteiger partial charge in [-0.3, -0.25) is 9.59 Å². The van der Waals surface area contributed by atoms with E-state index in [0.29, 0.717) is 17.3 Å². The van der Waals surface area contributed by atoms with Gasteiger partial charge in [0.25, 0.3) is 5.91 Å². The third-order valence-electron chi connectivity index (χ3n) is 4.63. The van der Waals surface area contributed by atoms with Crippen LogP contribution in [-0.4, -0.2) is 55.4 Å². The number of amides is 2. The van der Waals surface area contributed by atoms with Gasteiger partial charge in [0.1, 0.15) is 5.75 Å². The molecule has 3 rings (SSSR count). The van der Waals surface area contributed by atoms with Crippen LogP contribution in [0.1, 0.15) is 27.6 Å². The molecule has 1 aromatic heterocycles. The maximum atomic E-state index is 12.6. The van der Waals surface area contributed by atoms with Gasteiger partial charge >= 0.3 is 0 Å². The molecule has 1 aliphatic heterocycles. The topological polar surface area (TPSA) is 49.9 Å². The Morgan fingerprint density at radius 3 is 2.62 bits per heavy atom. The predicted molar refractivity (Wildman–Crippen MR) is 106 cm³/mol. The lowest BCUT2D eigenvalue weighted by Crippen LogP contribution is -2.39. The molecule has 5 nitrogen and oxygen atoms in total. The van der Waals surface area contributed by atoms with Crippen molar-refractivity contribution in [3.05, 3.63) is 50.6 Å². The summed E-state index contributed by atoms with van der Waals surface area (Å²) in [4.78, 5) is 28.9. The summed E-state index contributed by atoms with van der Waals surface area (Å²) in [6.45, 7) is 1.52. The van der Waals surface area contributed by atoms with Crippen molar-refractivity contribution in [1.29, 1.82) is 0 Å². The predicted octanol–water partition coefficient (Wildman–Crippen LogP) is 3.61. The average Bonchev–Trinajstić information content (AvgIpc) is 3.30. The number of carbonyl (C=O) groups excluding carboxylic acids is 2. The molecule has 1 saturated heterocycles. The lowest BCUT2D eigenvalue weighted by molar-refractivity contribution is -0.130. The molecule has 138 valence electrons. The first kappa shape index (κ1) is 18.9. The number of likely N-dealkylation sites (tertiary alicyclic amines) is 1. The Kier molecular flexibility index (Phi) is 5.98. The van der Waals surface area contributed by atoms with E-state index in [-0.39, 0.29) is 18.4 Å². The van der Waals surface area contributed by atoms with Gasteiger partial charge in [-0.2, -0.15) is 0 Å². The number of carbonyl (C=O) groups is 2. The van der Waals surface area contributed by atoms with Crippen LogP contribution in [0.4, 0.5) is 0 Å². The van der Waals surface area contributed by atoms with Crippen molar-refractivity contribution in [3.63, 3.8) is 0 Å². The number of nitrogens with zero attached hydrogens (tertiary/aromatic N) is 2. The van der Waals surface area contributed by atoms with Gasteiger partial charge in [0.15, 0.2) is 0 Å². The summed E-state index contributed by atoms with van der Waals surface area (Å²) >= 11 is 4.73. The number of benzene rings is 1. The summed E-state index contributed by atoms with van der Waals surface area (Å²) in [6.07, 6.45) is 0.938. The quantitative estimate of drug-likeness (QED) is 0.718. The van der Waals surface area contributed by atoms with Gasteiger partial charge < -0.3 is 14.5 Å². The first-order valence-electron chi connectivity index (χ1n) is 8.40. The first-order valence-corrected chi connectivity index (χ1v) is 10.0. The Bertz CT molecular complexity index is 790. The maximum absolute atomic E-state index is 12.6. The van der Waals surface area contributed by atoms with E-state index in [1.54, 1.807) is 20.2 Å². The minimum atomic E-state index is -0.125. The third kappa shape index (κ3) is 4.27. The Morgan fingerprint density at radius 1 is 1.27 bits per heavy atom. The van der Waals surface area contributed by atoms with Crippen LogP contribution in [0, 0.1) is 0 Å². The SMILES string of the molecule is COc1ccc(C2CCN(C(=O)CN(C)C(=O)c3ccc(Br)s3)C2)cc1. The van der Waals surface area contributed by atoms with Gasteiger partial charge in [-0.25, -0.2) is 0 Å². The highest BCUT2D eigenvalue weighted by Gasteiger charge is 2.28. The number of hydrogen-bond acceptors (Lipinski definition) is 4. The molecule has 0 bridgehead atoms. The zero-order chi connectivity index (χ0) is 18.7. The molecule has 0 N–H and O–H groups in total. The van der Waals surface area contributed by atoms with Crippen molar-refractivity contribution < 1.29 is 14.3 Å². The van der Waals surface area contributed by atoms with Gasteiger partial charge in [-0.15, -0.1) is 11.3 Å². The lowest BCUT2D eigenvalue weighted by Gasteiger charge is -2.21. The molecule has 2 amide bonds. The number of methoxy groups -OCH3 is 1. The van der Waals surface area contributed by atoms with E-state index in [1.165, 1.54) is 21.8 Å². The fourth-order valence-corrected chi connectivity index (χ4v) is 4.51. The Hall–Kier alpha value is -1.86. The van der Waals surface area contributed by atoms with Crippen LogP contribution in [0.5, 0.6) is 5.75 Å². The van der Waals surface area contributed by atoms with Gasteiger partial charge in [0, 0.05) is 26.1 Å². The molecule has 1 aliphatic rings. The smallest absolute Gasteiger partial charge is 0.264 e. The van der Waals surface area contributed by atoms with E-state index in [2.05, 4.69) is 28.1 Å². The molecule has 1 atom stereocenters. The maximum Gasteiger partial charge on any atom is 0.264 e.